The quantitative estimate of drug-likeness (QED) is 0.766. The average molecular weight is 244 g/mol. The molecular formula is C8H10BrN3O. The van der Waals surface area contributed by atoms with Crippen LogP contribution in [0, 0.1) is 0 Å². The SMILES string of the molecule is CC(N)C(=O)Nc1cccc(Br)n1. The maximum Gasteiger partial charge on any atom is 0.242 e. The maximum absolute atomic E-state index is 11.1. The predicted molar refractivity (Wildman–Crippen MR) is 54.2 cm³/mol. The number of carbonyl (C=O) groups is 1. The highest BCUT2D eigenvalue weighted by Crippen LogP contribution is 2.09. The van der Waals surface area contributed by atoms with Gasteiger partial charge in [-0.15, -0.1) is 0 Å². The predicted octanol–water partition coefficient (Wildman–Crippen LogP) is 1.13. The Labute approximate surface area is 84.7 Å². The zero-order valence-electron chi connectivity index (χ0n) is 7.12. The van der Waals surface area contributed by atoms with E-state index in [1.54, 1.807) is 25.1 Å². The second-order valence-electron chi connectivity index (χ2n) is 2.62. The lowest BCUT2D eigenvalue weighted by Crippen LogP contribution is -2.32. The van der Waals surface area contributed by atoms with E-state index in [-0.39, 0.29) is 5.91 Å². The number of nitrogens with one attached hydrogen (secondary N) is 1. The molecule has 5 heteroatoms. The molecule has 3 N–H and O–H groups in total. The molecule has 0 aromatic carbocycles. The van der Waals surface area contributed by atoms with Gasteiger partial charge in [0.2, 0.25) is 5.91 Å². The normalized spacial score (nSPS) is 12.2. The number of nitrogens with two attached hydrogens (primary N) is 1. The standard InChI is InChI=1S/C8H10BrN3O/c1-5(10)8(13)12-7-4-2-3-6(9)11-7/h2-5H,10H2,1H3,(H,11,12,13). The topological polar surface area (TPSA) is 68.0 Å². The number of hydrogen-bond acceptors (Lipinski definition) is 3. The monoisotopic (exact) mass is 243 g/mol. The fourth-order valence-electron chi connectivity index (χ4n) is 0.718. The summed E-state index contributed by atoms with van der Waals surface area (Å²) in [5.74, 6) is 0.252. The number of anilines is 1. The summed E-state index contributed by atoms with van der Waals surface area (Å²) in [6.07, 6.45) is 0. The van der Waals surface area contributed by atoms with Crippen molar-refractivity contribution in [3.05, 3.63) is 22.8 Å². The number of rotatable bonds is 2. The van der Waals surface area contributed by atoms with Crippen LogP contribution in [0.3, 0.4) is 0 Å². The van der Waals surface area contributed by atoms with E-state index in [0.29, 0.717) is 10.4 Å². The Morgan fingerprint density at radius 2 is 2.38 bits per heavy atom. The van der Waals surface area contributed by atoms with Crippen LogP contribution in [-0.4, -0.2) is 16.9 Å². The molecule has 0 aliphatic rings. The van der Waals surface area contributed by atoms with E-state index in [1.807, 2.05) is 0 Å². The van der Waals surface area contributed by atoms with Gasteiger partial charge >= 0.3 is 0 Å². The highest BCUT2D eigenvalue weighted by Gasteiger charge is 2.07. The number of aromatic nitrogens is 1. The molecule has 0 saturated carbocycles. The van der Waals surface area contributed by atoms with Crippen molar-refractivity contribution in [2.24, 2.45) is 5.73 Å². The first-order chi connectivity index (χ1) is 6.09. The first-order valence-corrected chi connectivity index (χ1v) is 4.58. The smallest absolute Gasteiger partial charge is 0.242 e. The van der Waals surface area contributed by atoms with Gasteiger partial charge in [-0.2, -0.15) is 0 Å². The number of hydrogen-bond donors (Lipinski definition) is 2. The van der Waals surface area contributed by atoms with Crippen LogP contribution in [0.25, 0.3) is 0 Å². The Morgan fingerprint density at radius 3 is 2.92 bits per heavy atom. The molecule has 0 bridgehead atoms. The summed E-state index contributed by atoms with van der Waals surface area (Å²) in [5, 5.41) is 2.58. The average Bonchev–Trinajstić information content (AvgIpc) is 2.04. The zero-order chi connectivity index (χ0) is 9.84. The first kappa shape index (κ1) is 10.1. The summed E-state index contributed by atoms with van der Waals surface area (Å²) >= 11 is 3.20. The molecule has 0 spiro atoms. The van der Waals surface area contributed by atoms with E-state index in [2.05, 4.69) is 26.2 Å². The Kier molecular flexibility index (Phi) is 3.39. The van der Waals surface area contributed by atoms with Gasteiger partial charge in [0.15, 0.2) is 0 Å². The fourth-order valence-corrected chi connectivity index (χ4v) is 1.06. The maximum atomic E-state index is 11.1. The Balaban J connectivity index is 2.69. The number of pyridine rings is 1. The van der Waals surface area contributed by atoms with Gasteiger partial charge in [0, 0.05) is 0 Å². The number of halogens is 1. The van der Waals surface area contributed by atoms with Crippen molar-refractivity contribution < 1.29 is 4.79 Å². The van der Waals surface area contributed by atoms with Crippen LogP contribution in [0.15, 0.2) is 22.8 Å². The highest BCUT2D eigenvalue weighted by molar-refractivity contribution is 9.10. The van der Waals surface area contributed by atoms with Crippen molar-refractivity contribution in [2.75, 3.05) is 5.32 Å². The van der Waals surface area contributed by atoms with Crippen molar-refractivity contribution in [2.45, 2.75) is 13.0 Å². The van der Waals surface area contributed by atoms with Crippen molar-refractivity contribution in [3.8, 4) is 0 Å². The lowest BCUT2D eigenvalue weighted by molar-refractivity contribution is -0.117. The lowest BCUT2D eigenvalue weighted by Gasteiger charge is -2.06. The molecule has 1 unspecified atom stereocenters. The Bertz CT molecular complexity index is 314. The molecular weight excluding hydrogens is 234 g/mol. The van der Waals surface area contributed by atoms with Crippen LogP contribution >= 0.6 is 15.9 Å². The molecule has 1 aromatic heterocycles. The molecule has 0 aliphatic heterocycles. The second-order valence-corrected chi connectivity index (χ2v) is 3.44. The van der Waals surface area contributed by atoms with Crippen LogP contribution in [0.4, 0.5) is 5.82 Å². The van der Waals surface area contributed by atoms with Crippen molar-refractivity contribution >= 4 is 27.7 Å². The minimum Gasteiger partial charge on any atom is -0.320 e. The van der Waals surface area contributed by atoms with Crippen molar-refractivity contribution in [3.63, 3.8) is 0 Å². The molecule has 0 saturated heterocycles. The molecule has 1 rings (SSSR count). The van der Waals surface area contributed by atoms with E-state index < -0.39 is 6.04 Å². The van der Waals surface area contributed by atoms with Gasteiger partial charge in [-0.1, -0.05) is 6.07 Å². The van der Waals surface area contributed by atoms with E-state index in [0.717, 1.165) is 0 Å². The third kappa shape index (κ3) is 3.12. The molecule has 13 heavy (non-hydrogen) atoms. The largest absolute Gasteiger partial charge is 0.320 e. The van der Waals surface area contributed by atoms with Crippen LogP contribution in [0.1, 0.15) is 6.92 Å². The van der Waals surface area contributed by atoms with E-state index in [1.165, 1.54) is 0 Å². The number of carbonyl (C=O) groups excluding carboxylic acids is 1. The lowest BCUT2D eigenvalue weighted by atomic mass is 10.3. The summed E-state index contributed by atoms with van der Waals surface area (Å²) < 4.78 is 0.676. The summed E-state index contributed by atoms with van der Waals surface area (Å²) in [5.41, 5.74) is 5.37. The van der Waals surface area contributed by atoms with Gasteiger partial charge in [0.25, 0.3) is 0 Å². The molecule has 0 fully saturated rings. The minimum absolute atomic E-state index is 0.245. The third-order valence-electron chi connectivity index (χ3n) is 1.38. The van der Waals surface area contributed by atoms with E-state index >= 15 is 0 Å². The molecule has 1 amide bonds. The highest BCUT2D eigenvalue weighted by atomic mass is 79.9. The van der Waals surface area contributed by atoms with Crippen LogP contribution in [-0.2, 0) is 4.79 Å². The summed E-state index contributed by atoms with van der Waals surface area (Å²) in [7, 11) is 0. The minimum atomic E-state index is -0.527. The molecule has 70 valence electrons. The number of nitrogens with zero attached hydrogens (tertiary/aromatic N) is 1. The van der Waals surface area contributed by atoms with E-state index in [9.17, 15) is 4.79 Å². The van der Waals surface area contributed by atoms with Crippen LogP contribution in [0.5, 0.6) is 0 Å². The molecule has 1 atom stereocenters. The van der Waals surface area contributed by atoms with E-state index in [4.69, 9.17) is 5.73 Å². The van der Waals surface area contributed by atoms with Gasteiger partial charge in [0.1, 0.15) is 10.4 Å². The Hall–Kier alpha value is -0.940. The van der Waals surface area contributed by atoms with Gasteiger partial charge < -0.3 is 11.1 Å². The summed E-state index contributed by atoms with van der Waals surface area (Å²) in [6, 6.07) is 4.74. The zero-order valence-corrected chi connectivity index (χ0v) is 8.71. The van der Waals surface area contributed by atoms with Crippen LogP contribution in [0.2, 0.25) is 0 Å². The molecule has 1 heterocycles. The Morgan fingerprint density at radius 1 is 1.69 bits per heavy atom. The molecule has 0 radical (unpaired) electrons. The van der Waals surface area contributed by atoms with Crippen molar-refractivity contribution in [1.29, 1.82) is 0 Å². The molecule has 0 aliphatic carbocycles. The van der Waals surface area contributed by atoms with Crippen molar-refractivity contribution in [1.82, 2.24) is 4.98 Å². The summed E-state index contributed by atoms with van der Waals surface area (Å²) in [6.45, 7) is 1.62. The van der Waals surface area contributed by atoms with Gasteiger partial charge in [-0.3, -0.25) is 4.79 Å². The van der Waals surface area contributed by atoms with Gasteiger partial charge in [0.05, 0.1) is 6.04 Å². The van der Waals surface area contributed by atoms with Crippen LogP contribution < -0.4 is 11.1 Å². The second kappa shape index (κ2) is 4.34. The molecule has 1 aromatic rings. The fraction of sp³-hybridized carbons (Fsp3) is 0.250. The first-order valence-electron chi connectivity index (χ1n) is 3.78. The van der Waals surface area contributed by atoms with Gasteiger partial charge in [-0.05, 0) is 35.0 Å². The summed E-state index contributed by atoms with van der Waals surface area (Å²) in [4.78, 5) is 15.2. The van der Waals surface area contributed by atoms with Gasteiger partial charge in [-0.25, -0.2) is 4.98 Å². The number of amides is 1. The third-order valence-corrected chi connectivity index (χ3v) is 1.82. The molecule has 4 nitrogen and oxygen atoms in total.